The second kappa shape index (κ2) is 7.25. The Hall–Kier alpha value is -2.40. The quantitative estimate of drug-likeness (QED) is 0.820. The molecule has 0 aliphatic heterocycles. The van der Waals surface area contributed by atoms with Crippen LogP contribution in [0.5, 0.6) is 5.75 Å². The van der Waals surface area contributed by atoms with E-state index in [0.717, 1.165) is 5.75 Å². The number of amides is 1. The van der Waals surface area contributed by atoms with Crippen LogP contribution in [0, 0.1) is 0 Å². The summed E-state index contributed by atoms with van der Waals surface area (Å²) in [5.74, 6) is 0.497. The first-order chi connectivity index (χ1) is 9.79. The number of rotatable bonds is 6. The second-order valence-corrected chi connectivity index (χ2v) is 4.03. The van der Waals surface area contributed by atoms with Crippen LogP contribution >= 0.6 is 0 Å². The first kappa shape index (κ1) is 14.0. The zero-order chi connectivity index (χ0) is 14.2. The number of nitrogens with one attached hydrogen (secondary N) is 1. The predicted molar refractivity (Wildman–Crippen MR) is 76.0 cm³/mol. The van der Waals surface area contributed by atoms with Gasteiger partial charge in [0.25, 0.3) is 5.91 Å². The fourth-order valence-corrected chi connectivity index (χ4v) is 1.57. The number of aromatic nitrogens is 1. The summed E-state index contributed by atoms with van der Waals surface area (Å²) < 4.78 is 10.3. The molecule has 0 atom stereocenters. The molecule has 2 rings (SSSR count). The molecule has 1 aromatic heterocycles. The molecular weight excluding hydrogens is 256 g/mol. The van der Waals surface area contributed by atoms with E-state index in [9.17, 15) is 4.79 Å². The van der Waals surface area contributed by atoms with Gasteiger partial charge in [0, 0.05) is 19.0 Å². The van der Waals surface area contributed by atoms with Gasteiger partial charge in [-0.05, 0) is 36.4 Å². The standard InChI is InChI=1S/C15H16N2O3/c1-19-10-11-20-13-7-5-12(6-8-13)17-15(18)14-4-2-3-9-16-14/h2-9H,10-11H2,1H3,(H,17,18). The molecule has 2 aromatic rings. The highest BCUT2D eigenvalue weighted by Crippen LogP contribution is 2.16. The van der Waals surface area contributed by atoms with Gasteiger partial charge in [-0.15, -0.1) is 0 Å². The number of carbonyl (C=O) groups is 1. The van der Waals surface area contributed by atoms with Crippen LogP contribution in [0.1, 0.15) is 10.5 Å². The summed E-state index contributed by atoms with van der Waals surface area (Å²) in [4.78, 5) is 15.9. The molecule has 0 radical (unpaired) electrons. The minimum Gasteiger partial charge on any atom is -0.491 e. The Morgan fingerprint density at radius 3 is 2.60 bits per heavy atom. The maximum Gasteiger partial charge on any atom is 0.274 e. The maximum atomic E-state index is 11.9. The Morgan fingerprint density at radius 2 is 1.95 bits per heavy atom. The SMILES string of the molecule is COCCOc1ccc(NC(=O)c2ccccn2)cc1. The third kappa shape index (κ3) is 4.07. The Labute approximate surface area is 117 Å². The smallest absolute Gasteiger partial charge is 0.274 e. The van der Waals surface area contributed by atoms with Crippen molar-refractivity contribution in [2.45, 2.75) is 0 Å². The van der Waals surface area contributed by atoms with Crippen LogP contribution in [0.2, 0.25) is 0 Å². The lowest BCUT2D eigenvalue weighted by atomic mass is 10.3. The van der Waals surface area contributed by atoms with E-state index in [1.54, 1.807) is 55.8 Å². The molecule has 20 heavy (non-hydrogen) atoms. The minimum absolute atomic E-state index is 0.237. The van der Waals surface area contributed by atoms with E-state index in [0.29, 0.717) is 24.6 Å². The van der Waals surface area contributed by atoms with E-state index in [4.69, 9.17) is 9.47 Å². The monoisotopic (exact) mass is 272 g/mol. The molecule has 0 aliphatic rings. The van der Waals surface area contributed by atoms with E-state index >= 15 is 0 Å². The van der Waals surface area contributed by atoms with Crippen molar-refractivity contribution in [3.8, 4) is 5.75 Å². The predicted octanol–water partition coefficient (Wildman–Crippen LogP) is 2.36. The van der Waals surface area contributed by atoms with Gasteiger partial charge in [0.05, 0.1) is 6.61 Å². The Morgan fingerprint density at radius 1 is 1.15 bits per heavy atom. The number of hydrogen-bond acceptors (Lipinski definition) is 4. The van der Waals surface area contributed by atoms with E-state index < -0.39 is 0 Å². The molecule has 0 saturated heterocycles. The largest absolute Gasteiger partial charge is 0.491 e. The summed E-state index contributed by atoms with van der Waals surface area (Å²) in [6.45, 7) is 1.04. The molecule has 1 N–H and O–H groups in total. The first-order valence-electron chi connectivity index (χ1n) is 6.24. The van der Waals surface area contributed by atoms with Crippen molar-refractivity contribution in [1.29, 1.82) is 0 Å². The number of methoxy groups -OCH3 is 1. The van der Waals surface area contributed by atoms with Gasteiger partial charge < -0.3 is 14.8 Å². The minimum atomic E-state index is -0.237. The van der Waals surface area contributed by atoms with Gasteiger partial charge in [-0.3, -0.25) is 9.78 Å². The van der Waals surface area contributed by atoms with E-state index in [1.165, 1.54) is 0 Å². The summed E-state index contributed by atoms with van der Waals surface area (Å²) >= 11 is 0. The molecule has 5 nitrogen and oxygen atoms in total. The number of ether oxygens (including phenoxy) is 2. The highest BCUT2D eigenvalue weighted by Gasteiger charge is 2.06. The summed E-state index contributed by atoms with van der Waals surface area (Å²) in [5, 5.41) is 2.77. The number of pyridine rings is 1. The Kier molecular flexibility index (Phi) is 5.08. The Balaban J connectivity index is 1.92. The maximum absolute atomic E-state index is 11.9. The molecular formula is C15H16N2O3. The molecule has 0 unspecified atom stereocenters. The van der Waals surface area contributed by atoms with Gasteiger partial charge in [-0.2, -0.15) is 0 Å². The summed E-state index contributed by atoms with van der Waals surface area (Å²) in [6.07, 6.45) is 1.58. The third-order valence-corrected chi connectivity index (χ3v) is 2.57. The van der Waals surface area contributed by atoms with Crippen molar-refractivity contribution < 1.29 is 14.3 Å². The van der Waals surface area contributed by atoms with Crippen molar-refractivity contribution >= 4 is 11.6 Å². The average Bonchev–Trinajstić information content (AvgIpc) is 2.50. The molecule has 104 valence electrons. The van der Waals surface area contributed by atoms with Gasteiger partial charge in [0.2, 0.25) is 0 Å². The van der Waals surface area contributed by atoms with Crippen LogP contribution < -0.4 is 10.1 Å². The fourth-order valence-electron chi connectivity index (χ4n) is 1.57. The number of carbonyl (C=O) groups excluding carboxylic acids is 1. The normalized spacial score (nSPS) is 10.1. The van der Waals surface area contributed by atoms with Crippen molar-refractivity contribution in [2.75, 3.05) is 25.6 Å². The molecule has 5 heteroatoms. The molecule has 0 bridgehead atoms. The summed E-state index contributed by atoms with van der Waals surface area (Å²) in [6, 6.07) is 12.4. The molecule has 0 aliphatic carbocycles. The Bertz CT molecular complexity index is 541. The van der Waals surface area contributed by atoms with Gasteiger partial charge >= 0.3 is 0 Å². The topological polar surface area (TPSA) is 60.5 Å². The summed E-state index contributed by atoms with van der Waals surface area (Å²) in [7, 11) is 1.62. The lowest BCUT2D eigenvalue weighted by Crippen LogP contribution is -2.13. The van der Waals surface area contributed by atoms with E-state index in [1.807, 2.05) is 0 Å². The van der Waals surface area contributed by atoms with Crippen molar-refractivity contribution in [3.63, 3.8) is 0 Å². The third-order valence-electron chi connectivity index (χ3n) is 2.57. The molecule has 1 heterocycles. The molecule has 1 amide bonds. The number of anilines is 1. The van der Waals surface area contributed by atoms with E-state index in [-0.39, 0.29) is 5.91 Å². The van der Waals surface area contributed by atoms with Gasteiger partial charge in [-0.25, -0.2) is 0 Å². The van der Waals surface area contributed by atoms with Gasteiger partial charge in [0.1, 0.15) is 18.1 Å². The van der Waals surface area contributed by atoms with Crippen LogP contribution in [0.3, 0.4) is 0 Å². The van der Waals surface area contributed by atoms with Crippen LogP contribution in [0.15, 0.2) is 48.7 Å². The van der Waals surface area contributed by atoms with Gasteiger partial charge in [-0.1, -0.05) is 6.07 Å². The fraction of sp³-hybridized carbons (Fsp3) is 0.200. The van der Waals surface area contributed by atoms with Crippen LogP contribution in [-0.2, 0) is 4.74 Å². The lowest BCUT2D eigenvalue weighted by molar-refractivity contribution is 0.102. The average molecular weight is 272 g/mol. The number of nitrogens with zero attached hydrogens (tertiary/aromatic N) is 1. The molecule has 0 spiro atoms. The van der Waals surface area contributed by atoms with Crippen molar-refractivity contribution in [1.82, 2.24) is 4.98 Å². The van der Waals surface area contributed by atoms with Crippen LogP contribution in [-0.4, -0.2) is 31.2 Å². The highest BCUT2D eigenvalue weighted by molar-refractivity contribution is 6.02. The number of benzene rings is 1. The van der Waals surface area contributed by atoms with Crippen LogP contribution in [0.25, 0.3) is 0 Å². The molecule has 0 saturated carbocycles. The van der Waals surface area contributed by atoms with Gasteiger partial charge in [0.15, 0.2) is 0 Å². The lowest BCUT2D eigenvalue weighted by Gasteiger charge is -2.07. The highest BCUT2D eigenvalue weighted by atomic mass is 16.5. The first-order valence-corrected chi connectivity index (χ1v) is 6.24. The zero-order valence-electron chi connectivity index (χ0n) is 11.2. The van der Waals surface area contributed by atoms with Crippen molar-refractivity contribution in [2.24, 2.45) is 0 Å². The zero-order valence-corrected chi connectivity index (χ0v) is 11.2. The molecule has 0 fully saturated rings. The number of hydrogen-bond donors (Lipinski definition) is 1. The molecule has 1 aromatic carbocycles. The second-order valence-electron chi connectivity index (χ2n) is 4.03. The van der Waals surface area contributed by atoms with Crippen molar-refractivity contribution in [3.05, 3.63) is 54.4 Å². The van der Waals surface area contributed by atoms with Crippen LogP contribution in [0.4, 0.5) is 5.69 Å². The summed E-state index contributed by atoms with van der Waals surface area (Å²) in [5.41, 5.74) is 1.08. The van der Waals surface area contributed by atoms with E-state index in [2.05, 4.69) is 10.3 Å².